The molecule has 4 heteroatoms. The zero-order valence-corrected chi connectivity index (χ0v) is 9.46. The van der Waals surface area contributed by atoms with Gasteiger partial charge in [-0.25, -0.2) is 0 Å². The van der Waals surface area contributed by atoms with Gasteiger partial charge in [0.15, 0.2) is 6.29 Å². The van der Waals surface area contributed by atoms with E-state index < -0.39 is 5.41 Å². The quantitative estimate of drug-likeness (QED) is 0.835. The second-order valence-corrected chi connectivity index (χ2v) is 4.81. The third-order valence-electron chi connectivity index (χ3n) is 3.74. The van der Waals surface area contributed by atoms with Crippen LogP contribution in [-0.2, 0) is 14.3 Å². The third-order valence-corrected chi connectivity index (χ3v) is 3.74. The van der Waals surface area contributed by atoms with Crippen molar-refractivity contribution in [2.45, 2.75) is 12.7 Å². The number of hydrogen-bond acceptors (Lipinski definition) is 3. The molecule has 17 heavy (non-hydrogen) atoms. The Labute approximate surface area is 99.7 Å². The number of benzene rings is 1. The van der Waals surface area contributed by atoms with E-state index in [1.165, 1.54) is 0 Å². The van der Waals surface area contributed by atoms with E-state index in [0.717, 1.165) is 12.0 Å². The molecule has 1 aliphatic carbocycles. The number of carbonyl (C=O) groups is 1. The van der Waals surface area contributed by atoms with E-state index >= 15 is 0 Å². The van der Waals surface area contributed by atoms with Gasteiger partial charge in [0.1, 0.15) is 0 Å². The molecule has 0 aromatic heterocycles. The molecule has 0 bridgehead atoms. The number of primary amides is 1. The number of nitrogens with two attached hydrogens (primary N) is 1. The van der Waals surface area contributed by atoms with Crippen molar-refractivity contribution in [1.29, 1.82) is 0 Å². The fraction of sp³-hybridized carbons (Fsp3) is 0.462. The number of carbonyl (C=O) groups excluding carboxylic acids is 1. The predicted octanol–water partition coefficient (Wildman–Crippen LogP) is 1.22. The highest BCUT2D eigenvalue weighted by atomic mass is 16.7. The van der Waals surface area contributed by atoms with Crippen LogP contribution in [-0.4, -0.2) is 19.1 Å². The van der Waals surface area contributed by atoms with E-state index in [2.05, 4.69) is 0 Å². The molecule has 90 valence electrons. The maximum Gasteiger partial charge on any atom is 0.226 e. The molecular weight excluding hydrogens is 218 g/mol. The molecule has 1 aromatic carbocycles. The summed E-state index contributed by atoms with van der Waals surface area (Å²) in [5, 5.41) is 0. The lowest BCUT2D eigenvalue weighted by molar-refractivity contribution is -0.146. The minimum absolute atomic E-state index is 0.230. The fourth-order valence-corrected chi connectivity index (χ4v) is 2.43. The van der Waals surface area contributed by atoms with Crippen molar-refractivity contribution >= 4 is 5.91 Å². The lowest BCUT2D eigenvalue weighted by Crippen LogP contribution is -2.30. The molecule has 1 heterocycles. The van der Waals surface area contributed by atoms with E-state index in [9.17, 15) is 4.79 Å². The summed E-state index contributed by atoms with van der Waals surface area (Å²) in [5.41, 5.74) is 5.93. The summed E-state index contributed by atoms with van der Waals surface area (Å²) < 4.78 is 11.4. The summed E-state index contributed by atoms with van der Waals surface area (Å²) in [6.45, 7) is 0.912. The van der Waals surface area contributed by atoms with Gasteiger partial charge >= 0.3 is 0 Å². The molecule has 0 spiro atoms. The minimum atomic E-state index is -0.469. The average Bonchev–Trinajstić information content (AvgIpc) is 3.05. The first kappa shape index (κ1) is 10.7. The van der Waals surface area contributed by atoms with Crippen LogP contribution in [0, 0.1) is 11.3 Å². The molecule has 0 radical (unpaired) electrons. The second-order valence-electron chi connectivity index (χ2n) is 4.81. The van der Waals surface area contributed by atoms with Crippen molar-refractivity contribution in [2.24, 2.45) is 17.1 Å². The van der Waals surface area contributed by atoms with Crippen LogP contribution in [0.1, 0.15) is 18.3 Å². The summed E-state index contributed by atoms with van der Waals surface area (Å²) in [6.07, 6.45) is 0.421. The van der Waals surface area contributed by atoms with Crippen LogP contribution in [0.5, 0.6) is 0 Å². The molecule has 3 atom stereocenters. The van der Waals surface area contributed by atoms with Gasteiger partial charge in [-0.15, -0.1) is 0 Å². The number of amides is 1. The second kappa shape index (κ2) is 3.82. The number of hydrogen-bond donors (Lipinski definition) is 1. The zero-order valence-electron chi connectivity index (χ0n) is 9.46. The topological polar surface area (TPSA) is 61.6 Å². The van der Waals surface area contributed by atoms with Gasteiger partial charge in [-0.3, -0.25) is 4.79 Å². The van der Waals surface area contributed by atoms with Gasteiger partial charge in [-0.1, -0.05) is 30.3 Å². The molecular formula is C13H15NO3. The van der Waals surface area contributed by atoms with Gasteiger partial charge in [-0.2, -0.15) is 0 Å². The Bertz CT molecular complexity index is 434. The van der Waals surface area contributed by atoms with E-state index in [-0.39, 0.29) is 18.1 Å². The Morgan fingerprint density at radius 2 is 2.06 bits per heavy atom. The Balaban J connectivity index is 1.75. The van der Waals surface area contributed by atoms with Crippen LogP contribution in [0.25, 0.3) is 0 Å². The van der Waals surface area contributed by atoms with Crippen molar-refractivity contribution in [3.05, 3.63) is 35.9 Å². The van der Waals surface area contributed by atoms with Gasteiger partial charge in [-0.05, 0) is 6.42 Å². The van der Waals surface area contributed by atoms with Crippen LogP contribution in [0.4, 0.5) is 0 Å². The third kappa shape index (κ3) is 1.73. The molecule has 2 aliphatic rings. The van der Waals surface area contributed by atoms with Crippen molar-refractivity contribution in [1.82, 2.24) is 0 Å². The molecule has 1 amide bonds. The highest BCUT2D eigenvalue weighted by Crippen LogP contribution is 2.55. The maximum atomic E-state index is 11.4. The molecule has 4 nitrogen and oxygen atoms in total. The molecule has 3 rings (SSSR count). The van der Waals surface area contributed by atoms with E-state index in [0.29, 0.717) is 13.2 Å². The largest absolute Gasteiger partial charge is 0.369 e. The molecule has 1 saturated carbocycles. The Hall–Kier alpha value is -1.39. The average molecular weight is 233 g/mol. The van der Waals surface area contributed by atoms with Crippen LogP contribution >= 0.6 is 0 Å². The van der Waals surface area contributed by atoms with Gasteiger partial charge in [0.2, 0.25) is 5.91 Å². The molecule has 1 aliphatic heterocycles. The van der Waals surface area contributed by atoms with Crippen LogP contribution in [0.3, 0.4) is 0 Å². The van der Waals surface area contributed by atoms with Crippen molar-refractivity contribution in [3.63, 3.8) is 0 Å². The SMILES string of the molecule is NC(=O)C12COC(c3ccccc3)OCC1C2. The van der Waals surface area contributed by atoms with Crippen LogP contribution in [0.2, 0.25) is 0 Å². The summed E-state index contributed by atoms with van der Waals surface area (Å²) in [5.74, 6) is -0.0338. The maximum absolute atomic E-state index is 11.4. The summed E-state index contributed by atoms with van der Waals surface area (Å²) in [6, 6.07) is 9.74. The summed E-state index contributed by atoms with van der Waals surface area (Å²) in [7, 11) is 0. The van der Waals surface area contributed by atoms with Crippen molar-refractivity contribution in [3.8, 4) is 0 Å². The van der Waals surface area contributed by atoms with Crippen LogP contribution < -0.4 is 5.73 Å². The summed E-state index contributed by atoms with van der Waals surface area (Å²) >= 11 is 0. The predicted molar refractivity (Wildman–Crippen MR) is 60.8 cm³/mol. The molecule has 1 aromatic rings. The Morgan fingerprint density at radius 1 is 1.29 bits per heavy atom. The van der Waals surface area contributed by atoms with E-state index in [4.69, 9.17) is 15.2 Å². The van der Waals surface area contributed by atoms with E-state index in [1.54, 1.807) is 0 Å². The van der Waals surface area contributed by atoms with Crippen molar-refractivity contribution < 1.29 is 14.3 Å². The van der Waals surface area contributed by atoms with Gasteiger partial charge < -0.3 is 15.2 Å². The minimum Gasteiger partial charge on any atom is -0.369 e. The standard InChI is InChI=1S/C13H15NO3/c14-12(15)13-6-10(13)7-16-11(17-8-13)9-4-2-1-3-5-9/h1-5,10-11H,6-8H2,(H2,14,15). The smallest absolute Gasteiger partial charge is 0.226 e. The monoisotopic (exact) mass is 233 g/mol. The van der Waals surface area contributed by atoms with E-state index in [1.807, 2.05) is 30.3 Å². The Kier molecular flexibility index (Phi) is 2.42. The zero-order chi connectivity index (χ0) is 11.9. The molecule has 2 N–H and O–H groups in total. The first-order valence-corrected chi connectivity index (χ1v) is 5.80. The number of fused-ring (bicyclic) bond motifs is 1. The first-order valence-electron chi connectivity index (χ1n) is 5.80. The highest BCUT2D eigenvalue weighted by Gasteiger charge is 2.60. The lowest BCUT2D eigenvalue weighted by Gasteiger charge is -2.17. The molecule has 2 fully saturated rings. The summed E-state index contributed by atoms with van der Waals surface area (Å²) in [4.78, 5) is 11.4. The normalized spacial score (nSPS) is 35.8. The van der Waals surface area contributed by atoms with Gasteiger partial charge in [0.25, 0.3) is 0 Å². The molecule has 1 saturated heterocycles. The number of ether oxygens (including phenoxy) is 2. The highest BCUT2D eigenvalue weighted by molar-refractivity contribution is 5.84. The van der Waals surface area contributed by atoms with Crippen LogP contribution in [0.15, 0.2) is 30.3 Å². The fourth-order valence-electron chi connectivity index (χ4n) is 2.43. The Morgan fingerprint density at radius 3 is 2.76 bits per heavy atom. The lowest BCUT2D eigenvalue weighted by atomic mass is 10.1. The molecule has 3 unspecified atom stereocenters. The first-order chi connectivity index (χ1) is 8.22. The van der Waals surface area contributed by atoms with Gasteiger partial charge in [0.05, 0.1) is 18.6 Å². The van der Waals surface area contributed by atoms with Crippen molar-refractivity contribution in [2.75, 3.05) is 13.2 Å². The number of rotatable bonds is 2. The van der Waals surface area contributed by atoms with Gasteiger partial charge in [0, 0.05) is 11.5 Å².